The Morgan fingerprint density at radius 3 is 2.31 bits per heavy atom. The van der Waals surface area contributed by atoms with Crippen molar-refractivity contribution in [1.82, 2.24) is 15.5 Å². The summed E-state index contributed by atoms with van der Waals surface area (Å²) in [6.45, 7) is 10.5. The minimum Gasteiger partial charge on any atom is -0.354 e. The van der Waals surface area contributed by atoms with E-state index < -0.39 is 9.84 Å². The largest absolute Gasteiger partial charge is 0.354 e. The summed E-state index contributed by atoms with van der Waals surface area (Å²) in [5, 5.41) is 6.68. The smallest absolute Gasteiger partial charge is 0.191 e. The first-order valence-corrected chi connectivity index (χ1v) is 11.2. The van der Waals surface area contributed by atoms with E-state index in [4.69, 9.17) is 0 Å². The van der Waals surface area contributed by atoms with Gasteiger partial charge in [-0.3, -0.25) is 4.99 Å². The van der Waals surface area contributed by atoms with Gasteiger partial charge >= 0.3 is 0 Å². The lowest BCUT2D eigenvalue weighted by Crippen LogP contribution is -2.42. The van der Waals surface area contributed by atoms with Gasteiger partial charge in [0.2, 0.25) is 0 Å². The molecule has 7 heteroatoms. The third kappa shape index (κ3) is 8.19. The van der Waals surface area contributed by atoms with E-state index in [9.17, 15) is 8.42 Å². The number of guanidine groups is 1. The zero-order chi connectivity index (χ0) is 19.6. The zero-order valence-corrected chi connectivity index (χ0v) is 17.6. The Balaban J connectivity index is 2.43. The molecule has 0 bridgehead atoms. The number of nitrogens with zero attached hydrogens (tertiary/aromatic N) is 2. The maximum atomic E-state index is 11.5. The molecule has 0 aliphatic rings. The van der Waals surface area contributed by atoms with Crippen molar-refractivity contribution in [2.45, 2.75) is 51.1 Å². The van der Waals surface area contributed by atoms with E-state index >= 15 is 0 Å². The van der Waals surface area contributed by atoms with Crippen LogP contribution in [0.1, 0.15) is 39.2 Å². The first kappa shape index (κ1) is 22.4. The number of hydrogen-bond acceptors (Lipinski definition) is 4. The molecule has 148 valence electrons. The van der Waals surface area contributed by atoms with Crippen LogP contribution in [-0.2, 0) is 16.4 Å². The van der Waals surface area contributed by atoms with Crippen LogP contribution in [-0.4, -0.2) is 58.3 Å². The molecule has 0 saturated heterocycles. The highest BCUT2D eigenvalue weighted by Gasteiger charge is 2.08. The first-order valence-electron chi connectivity index (χ1n) is 9.28. The number of nitrogens with one attached hydrogen (secondary N) is 2. The molecule has 0 aromatic heterocycles. The monoisotopic (exact) mass is 382 g/mol. The van der Waals surface area contributed by atoms with E-state index in [1.54, 1.807) is 19.2 Å². The van der Waals surface area contributed by atoms with E-state index in [0.717, 1.165) is 44.0 Å². The predicted molar refractivity (Wildman–Crippen MR) is 109 cm³/mol. The van der Waals surface area contributed by atoms with Crippen LogP contribution >= 0.6 is 0 Å². The minimum atomic E-state index is -3.15. The van der Waals surface area contributed by atoms with E-state index in [2.05, 4.69) is 41.3 Å². The molecule has 1 aromatic rings. The molecule has 0 saturated carbocycles. The minimum absolute atomic E-state index is 0.337. The van der Waals surface area contributed by atoms with Crippen LogP contribution in [0.25, 0.3) is 0 Å². The van der Waals surface area contributed by atoms with Gasteiger partial charge in [-0.25, -0.2) is 8.42 Å². The number of aliphatic imine (C=N–C) groups is 1. The van der Waals surface area contributed by atoms with Crippen LogP contribution in [0.5, 0.6) is 0 Å². The van der Waals surface area contributed by atoms with Gasteiger partial charge in [-0.05, 0) is 57.1 Å². The fourth-order valence-electron chi connectivity index (χ4n) is 2.70. The van der Waals surface area contributed by atoms with Crippen molar-refractivity contribution in [3.63, 3.8) is 0 Å². The lowest BCUT2D eigenvalue weighted by atomic mass is 10.2. The third-order valence-electron chi connectivity index (χ3n) is 4.42. The summed E-state index contributed by atoms with van der Waals surface area (Å²) < 4.78 is 23.0. The highest BCUT2D eigenvalue weighted by atomic mass is 32.2. The van der Waals surface area contributed by atoms with Crippen LogP contribution in [0.15, 0.2) is 34.2 Å². The van der Waals surface area contributed by atoms with E-state index in [0.29, 0.717) is 17.5 Å². The molecular formula is C19H34N4O2S. The summed E-state index contributed by atoms with van der Waals surface area (Å²) in [6.07, 6.45) is 3.45. The summed E-state index contributed by atoms with van der Waals surface area (Å²) in [6, 6.07) is 7.26. The molecule has 1 rings (SSSR count). The van der Waals surface area contributed by atoms with Gasteiger partial charge < -0.3 is 15.5 Å². The van der Waals surface area contributed by atoms with Crippen molar-refractivity contribution >= 4 is 15.8 Å². The van der Waals surface area contributed by atoms with E-state index in [-0.39, 0.29) is 0 Å². The van der Waals surface area contributed by atoms with Gasteiger partial charge in [0.25, 0.3) is 0 Å². The van der Waals surface area contributed by atoms with Crippen LogP contribution in [0.3, 0.4) is 0 Å². The van der Waals surface area contributed by atoms with Crippen LogP contribution in [0.4, 0.5) is 0 Å². The Morgan fingerprint density at radius 2 is 1.81 bits per heavy atom. The normalized spacial score (nSPS) is 13.7. The van der Waals surface area contributed by atoms with Gasteiger partial charge in [-0.1, -0.05) is 26.0 Å². The first-order chi connectivity index (χ1) is 12.3. The van der Waals surface area contributed by atoms with Crippen LogP contribution < -0.4 is 10.6 Å². The average molecular weight is 383 g/mol. The van der Waals surface area contributed by atoms with Crippen LogP contribution in [0.2, 0.25) is 0 Å². The Hall–Kier alpha value is -1.60. The molecule has 1 aromatic carbocycles. The lowest BCUT2D eigenvalue weighted by molar-refractivity contribution is 0.292. The number of rotatable bonds is 10. The summed E-state index contributed by atoms with van der Waals surface area (Å²) >= 11 is 0. The fourth-order valence-corrected chi connectivity index (χ4v) is 3.33. The maximum absolute atomic E-state index is 11.5. The molecule has 0 amide bonds. The molecule has 1 atom stereocenters. The molecule has 2 N–H and O–H groups in total. The molecule has 0 fully saturated rings. The Labute approximate surface area is 159 Å². The second-order valence-corrected chi connectivity index (χ2v) is 8.57. The number of sulfone groups is 1. The quantitative estimate of drug-likeness (QED) is 0.480. The molecule has 6 nitrogen and oxygen atoms in total. The predicted octanol–water partition coefficient (Wildman–Crippen LogP) is 2.27. The molecule has 0 aliphatic carbocycles. The second kappa shape index (κ2) is 11.2. The molecule has 0 radical (unpaired) electrons. The van der Waals surface area contributed by atoms with Gasteiger partial charge in [0, 0.05) is 25.9 Å². The Morgan fingerprint density at radius 1 is 1.19 bits per heavy atom. The van der Waals surface area contributed by atoms with Gasteiger partial charge in [0.1, 0.15) is 0 Å². The number of benzene rings is 1. The molecule has 1 unspecified atom stereocenters. The van der Waals surface area contributed by atoms with Crippen molar-refractivity contribution in [3.8, 4) is 0 Å². The maximum Gasteiger partial charge on any atom is 0.191 e. The highest BCUT2D eigenvalue weighted by molar-refractivity contribution is 7.90. The SMILES string of the molecule is CCN(CC)CCCC(C)NC(=NC)NCc1ccc(S(C)(=O)=O)cc1. The third-order valence-corrected chi connectivity index (χ3v) is 5.55. The van der Waals surface area contributed by atoms with Crippen molar-refractivity contribution in [2.24, 2.45) is 4.99 Å². The Kier molecular flexibility index (Phi) is 9.65. The summed E-state index contributed by atoms with van der Waals surface area (Å²) in [5.41, 5.74) is 1.01. The molecule has 0 aliphatic heterocycles. The molecular weight excluding hydrogens is 348 g/mol. The average Bonchev–Trinajstić information content (AvgIpc) is 2.61. The Bertz CT molecular complexity index is 653. The zero-order valence-electron chi connectivity index (χ0n) is 16.7. The highest BCUT2D eigenvalue weighted by Crippen LogP contribution is 2.10. The molecule has 0 heterocycles. The number of hydrogen-bond donors (Lipinski definition) is 2. The van der Waals surface area contributed by atoms with Crippen molar-refractivity contribution in [2.75, 3.05) is 32.9 Å². The van der Waals surface area contributed by atoms with E-state index in [1.165, 1.54) is 6.26 Å². The van der Waals surface area contributed by atoms with Crippen molar-refractivity contribution < 1.29 is 8.42 Å². The van der Waals surface area contributed by atoms with Gasteiger partial charge in [-0.2, -0.15) is 0 Å². The fraction of sp³-hybridized carbons (Fsp3) is 0.632. The van der Waals surface area contributed by atoms with Crippen molar-refractivity contribution in [3.05, 3.63) is 29.8 Å². The van der Waals surface area contributed by atoms with Gasteiger partial charge in [0.05, 0.1) is 4.90 Å². The summed E-state index contributed by atoms with van der Waals surface area (Å²) in [4.78, 5) is 7.03. The van der Waals surface area contributed by atoms with Gasteiger partial charge in [-0.15, -0.1) is 0 Å². The standard InChI is InChI=1S/C19H34N4O2S/c1-6-23(7-2)14-8-9-16(3)22-19(20-4)21-15-17-10-12-18(13-11-17)26(5,24)25/h10-13,16H,6-9,14-15H2,1-5H3,(H2,20,21,22). The second-order valence-electron chi connectivity index (χ2n) is 6.56. The summed E-state index contributed by atoms with van der Waals surface area (Å²) in [7, 11) is -1.40. The van der Waals surface area contributed by atoms with Crippen molar-refractivity contribution in [1.29, 1.82) is 0 Å². The molecule has 0 spiro atoms. The topological polar surface area (TPSA) is 73.8 Å². The van der Waals surface area contributed by atoms with E-state index in [1.807, 2.05) is 12.1 Å². The lowest BCUT2D eigenvalue weighted by Gasteiger charge is -2.21. The van der Waals surface area contributed by atoms with Crippen LogP contribution in [0, 0.1) is 0 Å². The summed E-state index contributed by atoms with van der Waals surface area (Å²) in [5.74, 6) is 0.757. The molecule has 26 heavy (non-hydrogen) atoms. The van der Waals surface area contributed by atoms with Gasteiger partial charge in [0.15, 0.2) is 15.8 Å².